The zero-order valence-electron chi connectivity index (χ0n) is 11.8. The van der Waals surface area contributed by atoms with Gasteiger partial charge in [0.2, 0.25) is 0 Å². The number of carboxylic acids is 1. The summed E-state index contributed by atoms with van der Waals surface area (Å²) in [6.45, 7) is 4.93. The quantitative estimate of drug-likeness (QED) is 0.872. The molecule has 0 spiro atoms. The van der Waals surface area contributed by atoms with Crippen molar-refractivity contribution in [2.75, 3.05) is 5.32 Å². The summed E-state index contributed by atoms with van der Waals surface area (Å²) >= 11 is 0. The Labute approximate surface area is 119 Å². The Morgan fingerprint density at radius 3 is 2.25 bits per heavy atom. The lowest BCUT2D eigenvalue weighted by molar-refractivity contribution is -0.136. The Kier molecular flexibility index (Phi) is 4.41. The Bertz CT molecular complexity index is 603. The van der Waals surface area contributed by atoms with E-state index in [1.54, 1.807) is 0 Å². The van der Waals surface area contributed by atoms with Gasteiger partial charge in [0.1, 0.15) is 0 Å². The van der Waals surface area contributed by atoms with Crippen molar-refractivity contribution in [3.8, 4) is 0 Å². The lowest BCUT2D eigenvalue weighted by Crippen LogP contribution is -2.02. The van der Waals surface area contributed by atoms with Crippen molar-refractivity contribution >= 4 is 11.7 Å². The number of aliphatic carboxylic acids is 1. The van der Waals surface area contributed by atoms with E-state index >= 15 is 0 Å². The molecule has 0 radical (unpaired) electrons. The van der Waals surface area contributed by atoms with Gasteiger partial charge in [-0.05, 0) is 48.2 Å². The molecule has 2 rings (SSSR count). The molecule has 0 aliphatic rings. The largest absolute Gasteiger partial charge is 0.481 e. The summed E-state index contributed by atoms with van der Waals surface area (Å²) in [5.74, 6) is -0.800. The minimum Gasteiger partial charge on any atom is -0.481 e. The summed E-state index contributed by atoms with van der Waals surface area (Å²) in [7, 11) is 0. The van der Waals surface area contributed by atoms with Crippen LogP contribution in [0.1, 0.15) is 22.3 Å². The summed E-state index contributed by atoms with van der Waals surface area (Å²) in [6, 6.07) is 14.0. The van der Waals surface area contributed by atoms with Gasteiger partial charge in [-0.2, -0.15) is 0 Å². The molecule has 3 heteroatoms. The smallest absolute Gasteiger partial charge is 0.307 e. The number of anilines is 1. The van der Waals surface area contributed by atoms with E-state index in [1.165, 1.54) is 11.1 Å². The van der Waals surface area contributed by atoms with E-state index in [4.69, 9.17) is 5.11 Å². The highest BCUT2D eigenvalue weighted by molar-refractivity contribution is 5.70. The van der Waals surface area contributed by atoms with Crippen LogP contribution in [-0.4, -0.2) is 11.1 Å². The zero-order valence-corrected chi connectivity index (χ0v) is 11.8. The van der Waals surface area contributed by atoms with E-state index in [1.807, 2.05) is 24.3 Å². The predicted octanol–water partition coefficient (Wildman–Crippen LogP) is 3.54. The van der Waals surface area contributed by atoms with Crippen molar-refractivity contribution in [1.29, 1.82) is 0 Å². The van der Waals surface area contributed by atoms with Crippen LogP contribution < -0.4 is 5.32 Å². The lowest BCUT2D eigenvalue weighted by atomic mass is 10.1. The second-order valence-corrected chi connectivity index (χ2v) is 5.04. The summed E-state index contributed by atoms with van der Waals surface area (Å²) in [5, 5.41) is 12.1. The molecule has 0 aliphatic carbocycles. The van der Waals surface area contributed by atoms with Gasteiger partial charge in [-0.25, -0.2) is 0 Å². The first-order valence-electron chi connectivity index (χ1n) is 6.65. The number of benzene rings is 2. The predicted molar refractivity (Wildman–Crippen MR) is 81.0 cm³/mol. The number of nitrogens with one attached hydrogen (secondary N) is 1. The normalized spacial score (nSPS) is 10.3. The molecule has 0 saturated heterocycles. The highest BCUT2D eigenvalue weighted by atomic mass is 16.4. The first-order chi connectivity index (χ1) is 9.54. The summed E-state index contributed by atoms with van der Waals surface area (Å²) in [6.07, 6.45) is 0.0743. The second-order valence-electron chi connectivity index (χ2n) is 5.04. The van der Waals surface area contributed by atoms with Gasteiger partial charge in [0.05, 0.1) is 6.42 Å². The van der Waals surface area contributed by atoms with Gasteiger partial charge in [-0.3, -0.25) is 4.79 Å². The maximum Gasteiger partial charge on any atom is 0.307 e. The third-order valence-corrected chi connectivity index (χ3v) is 3.38. The van der Waals surface area contributed by atoms with E-state index in [9.17, 15) is 4.79 Å². The third-order valence-electron chi connectivity index (χ3n) is 3.38. The van der Waals surface area contributed by atoms with E-state index < -0.39 is 5.97 Å². The van der Waals surface area contributed by atoms with Gasteiger partial charge in [0.25, 0.3) is 0 Å². The fourth-order valence-electron chi connectivity index (χ4n) is 2.01. The highest BCUT2D eigenvalue weighted by Crippen LogP contribution is 2.15. The van der Waals surface area contributed by atoms with E-state index in [2.05, 4.69) is 37.4 Å². The van der Waals surface area contributed by atoms with Gasteiger partial charge in [0.15, 0.2) is 0 Å². The summed E-state index contributed by atoms with van der Waals surface area (Å²) in [5.41, 5.74) is 5.62. The molecule has 0 amide bonds. The lowest BCUT2D eigenvalue weighted by Gasteiger charge is -2.09. The van der Waals surface area contributed by atoms with Crippen molar-refractivity contribution in [3.05, 3.63) is 64.7 Å². The monoisotopic (exact) mass is 269 g/mol. The van der Waals surface area contributed by atoms with Gasteiger partial charge in [-0.15, -0.1) is 0 Å². The second kappa shape index (κ2) is 6.24. The van der Waals surface area contributed by atoms with Crippen LogP contribution in [0, 0.1) is 13.8 Å². The first-order valence-corrected chi connectivity index (χ1v) is 6.65. The molecular formula is C17H19NO2. The molecular weight excluding hydrogens is 250 g/mol. The van der Waals surface area contributed by atoms with Gasteiger partial charge in [0, 0.05) is 12.2 Å². The minimum atomic E-state index is -0.800. The van der Waals surface area contributed by atoms with Crippen LogP contribution in [0.15, 0.2) is 42.5 Å². The average molecular weight is 269 g/mol. The molecule has 0 fully saturated rings. The van der Waals surface area contributed by atoms with Crippen molar-refractivity contribution < 1.29 is 9.90 Å². The molecule has 0 aromatic heterocycles. The Hall–Kier alpha value is -2.29. The number of rotatable bonds is 5. The molecule has 0 bridgehead atoms. The summed E-state index contributed by atoms with van der Waals surface area (Å²) < 4.78 is 0. The van der Waals surface area contributed by atoms with E-state index in [-0.39, 0.29) is 6.42 Å². The molecule has 0 atom stereocenters. The average Bonchev–Trinajstić information content (AvgIpc) is 2.41. The number of aryl methyl sites for hydroxylation is 2. The molecule has 2 aromatic rings. The number of hydrogen-bond donors (Lipinski definition) is 2. The van der Waals surface area contributed by atoms with Crippen LogP contribution >= 0.6 is 0 Å². The highest BCUT2D eigenvalue weighted by Gasteiger charge is 2.01. The van der Waals surface area contributed by atoms with E-state index in [0.29, 0.717) is 0 Å². The summed E-state index contributed by atoms with van der Waals surface area (Å²) in [4.78, 5) is 10.6. The Morgan fingerprint density at radius 1 is 1.00 bits per heavy atom. The first kappa shape index (κ1) is 14.1. The van der Waals surface area contributed by atoms with Crippen molar-refractivity contribution in [1.82, 2.24) is 0 Å². The van der Waals surface area contributed by atoms with E-state index in [0.717, 1.165) is 23.4 Å². The molecule has 0 aliphatic heterocycles. The van der Waals surface area contributed by atoms with Gasteiger partial charge in [-0.1, -0.05) is 30.3 Å². The van der Waals surface area contributed by atoms with Crippen LogP contribution in [0.5, 0.6) is 0 Å². The zero-order chi connectivity index (χ0) is 14.5. The van der Waals surface area contributed by atoms with Crippen LogP contribution in [0.25, 0.3) is 0 Å². The number of carboxylic acid groups (broad SMARTS) is 1. The molecule has 0 saturated carbocycles. The Balaban J connectivity index is 1.96. The molecule has 20 heavy (non-hydrogen) atoms. The molecule has 2 aromatic carbocycles. The standard InChI is InChI=1S/C17H19NO2/c1-12-3-8-16(9-13(12)2)18-11-15-6-4-14(5-7-15)10-17(19)20/h3-9,18H,10-11H2,1-2H3,(H,19,20). The molecule has 3 nitrogen and oxygen atoms in total. The molecule has 0 unspecified atom stereocenters. The fraction of sp³-hybridized carbons (Fsp3) is 0.235. The number of carbonyl (C=O) groups is 1. The number of hydrogen-bond acceptors (Lipinski definition) is 2. The topological polar surface area (TPSA) is 49.3 Å². The van der Waals surface area contributed by atoms with Crippen molar-refractivity contribution in [2.45, 2.75) is 26.8 Å². The maximum absolute atomic E-state index is 10.6. The minimum absolute atomic E-state index is 0.0743. The molecule has 2 N–H and O–H groups in total. The van der Waals surface area contributed by atoms with Crippen molar-refractivity contribution in [2.24, 2.45) is 0 Å². The van der Waals surface area contributed by atoms with Crippen LogP contribution in [0.3, 0.4) is 0 Å². The maximum atomic E-state index is 10.6. The van der Waals surface area contributed by atoms with Crippen molar-refractivity contribution in [3.63, 3.8) is 0 Å². The van der Waals surface area contributed by atoms with Gasteiger partial charge < -0.3 is 10.4 Å². The van der Waals surface area contributed by atoms with Crippen LogP contribution in [0.4, 0.5) is 5.69 Å². The Morgan fingerprint density at radius 2 is 1.65 bits per heavy atom. The molecule has 104 valence electrons. The van der Waals surface area contributed by atoms with Gasteiger partial charge >= 0.3 is 5.97 Å². The SMILES string of the molecule is Cc1ccc(NCc2ccc(CC(=O)O)cc2)cc1C. The van der Waals surface area contributed by atoms with Crippen LogP contribution in [-0.2, 0) is 17.8 Å². The third kappa shape index (κ3) is 3.85. The van der Waals surface area contributed by atoms with Crippen LogP contribution in [0.2, 0.25) is 0 Å². The fourth-order valence-corrected chi connectivity index (χ4v) is 2.01. The molecule has 0 heterocycles.